The average molecular weight is 602 g/mol. The van der Waals surface area contributed by atoms with Crippen molar-refractivity contribution in [2.75, 3.05) is 41.3 Å². The number of pyridine rings is 2. The molecule has 0 aliphatic carbocycles. The first kappa shape index (κ1) is 27.7. The smallest absolute Gasteiger partial charge is 0.274 e. The molecule has 206 valence electrons. The van der Waals surface area contributed by atoms with E-state index in [-0.39, 0.29) is 5.56 Å². The summed E-state index contributed by atoms with van der Waals surface area (Å²) < 4.78 is 2.35. The molecule has 2 fully saturated rings. The third-order valence-corrected chi connectivity index (χ3v) is 8.53. The van der Waals surface area contributed by atoms with Crippen LogP contribution in [0.4, 0.5) is 22.9 Å². The van der Waals surface area contributed by atoms with Gasteiger partial charge in [0.25, 0.3) is 5.56 Å². The number of nitrogens with zero attached hydrogens (tertiary/aromatic N) is 7. The Bertz CT molecular complexity index is 1520. The lowest BCUT2D eigenvalue weighted by Gasteiger charge is -2.48. The van der Waals surface area contributed by atoms with E-state index in [2.05, 4.69) is 73.0 Å². The molecule has 1 aromatic carbocycles. The highest BCUT2D eigenvalue weighted by Gasteiger charge is 2.33. The number of piperazine rings is 1. The fraction of sp³-hybridized carbons (Fsp3) is 0.400. The average Bonchev–Trinajstić information content (AvgIpc) is 2.95. The molecule has 3 atom stereocenters. The molecular weight excluding hydrogens is 568 g/mol. The van der Waals surface area contributed by atoms with Crippen molar-refractivity contribution in [3.05, 3.63) is 74.7 Å². The van der Waals surface area contributed by atoms with Crippen LogP contribution in [0.25, 0.3) is 0 Å². The lowest BCUT2D eigenvalue weighted by molar-refractivity contribution is 0.132. The summed E-state index contributed by atoms with van der Waals surface area (Å²) >= 11 is 3.44. The van der Waals surface area contributed by atoms with E-state index in [0.29, 0.717) is 40.8 Å². The SMILES string of the molecule is C[C@@H]1CC(N2CCN(c3ccc(Nc4cc(Br)cn(C)c4=O)nc3)[C@@H](C)C2)CCN1c1ccc(C#N)c(C#N)c1. The number of aryl methyl sites for hydroxylation is 1. The third kappa shape index (κ3) is 5.70. The van der Waals surface area contributed by atoms with Crippen LogP contribution in [0.3, 0.4) is 0 Å². The van der Waals surface area contributed by atoms with Gasteiger partial charge in [-0.15, -0.1) is 0 Å². The minimum atomic E-state index is -0.109. The number of nitriles is 2. The van der Waals surface area contributed by atoms with Gasteiger partial charge in [0.05, 0.1) is 23.0 Å². The standard InChI is InChI=1S/C30H33BrN8O/c1-20-12-25(8-9-38(20)26-5-4-22(15-32)23(13-26)16-33)37-10-11-39(21(2)18-37)27-6-7-29(34-17-27)35-28-14-24(31)19-36(3)30(28)40/h4-7,13-14,17,19-21,25H,8-12,18H2,1-3H3,(H,34,35)/t20-,21+,25?/m1/s1. The van der Waals surface area contributed by atoms with Crippen molar-refractivity contribution in [2.45, 2.75) is 44.8 Å². The Kier molecular flexibility index (Phi) is 8.11. The van der Waals surface area contributed by atoms with E-state index in [1.165, 1.54) is 4.57 Å². The number of benzene rings is 1. The summed E-state index contributed by atoms with van der Waals surface area (Å²) in [7, 11) is 1.72. The summed E-state index contributed by atoms with van der Waals surface area (Å²) in [6.45, 7) is 8.35. The van der Waals surface area contributed by atoms with Gasteiger partial charge >= 0.3 is 0 Å². The zero-order valence-electron chi connectivity index (χ0n) is 23.0. The van der Waals surface area contributed by atoms with Crippen molar-refractivity contribution >= 4 is 38.8 Å². The van der Waals surface area contributed by atoms with Crippen molar-refractivity contribution in [1.82, 2.24) is 14.5 Å². The van der Waals surface area contributed by atoms with Crippen LogP contribution in [0.2, 0.25) is 0 Å². The maximum Gasteiger partial charge on any atom is 0.274 e. The molecule has 9 nitrogen and oxygen atoms in total. The van der Waals surface area contributed by atoms with Crippen molar-refractivity contribution in [1.29, 1.82) is 10.5 Å². The van der Waals surface area contributed by atoms with Crippen LogP contribution >= 0.6 is 15.9 Å². The topological polar surface area (TPSA) is 104 Å². The molecule has 0 radical (unpaired) electrons. The number of hydrogen-bond acceptors (Lipinski definition) is 8. The quantitative estimate of drug-likeness (QED) is 0.453. The lowest BCUT2D eigenvalue weighted by Crippen LogP contribution is -2.58. The van der Waals surface area contributed by atoms with E-state index >= 15 is 0 Å². The molecule has 10 heteroatoms. The number of anilines is 4. The number of nitrogens with one attached hydrogen (secondary N) is 1. The first-order valence-electron chi connectivity index (χ1n) is 13.6. The van der Waals surface area contributed by atoms with E-state index < -0.39 is 0 Å². The third-order valence-electron chi connectivity index (χ3n) is 8.09. The normalized spacial score (nSPS) is 21.5. The van der Waals surface area contributed by atoms with Crippen LogP contribution < -0.4 is 20.7 Å². The maximum atomic E-state index is 12.4. The van der Waals surface area contributed by atoms with E-state index in [1.807, 2.05) is 24.4 Å². The predicted octanol–water partition coefficient (Wildman–Crippen LogP) is 4.60. The van der Waals surface area contributed by atoms with Gasteiger partial charge in [0.1, 0.15) is 23.6 Å². The molecule has 5 rings (SSSR count). The van der Waals surface area contributed by atoms with Crippen LogP contribution in [-0.2, 0) is 7.05 Å². The number of piperidine rings is 1. The van der Waals surface area contributed by atoms with Gasteiger partial charge < -0.3 is 19.7 Å². The van der Waals surface area contributed by atoms with Gasteiger partial charge in [0, 0.05) is 67.7 Å². The van der Waals surface area contributed by atoms with Crippen molar-refractivity contribution < 1.29 is 0 Å². The second kappa shape index (κ2) is 11.7. The summed E-state index contributed by atoms with van der Waals surface area (Å²) in [6.07, 6.45) is 5.74. The number of halogens is 1. The van der Waals surface area contributed by atoms with Crippen molar-refractivity contribution in [3.63, 3.8) is 0 Å². The molecule has 40 heavy (non-hydrogen) atoms. The molecule has 1 unspecified atom stereocenters. The Morgan fingerprint density at radius 1 is 0.975 bits per heavy atom. The van der Waals surface area contributed by atoms with Crippen LogP contribution in [0.1, 0.15) is 37.8 Å². The zero-order chi connectivity index (χ0) is 28.4. The first-order valence-corrected chi connectivity index (χ1v) is 14.4. The minimum absolute atomic E-state index is 0.109. The number of rotatable bonds is 5. The van der Waals surface area contributed by atoms with Crippen LogP contribution in [0, 0.1) is 22.7 Å². The largest absolute Gasteiger partial charge is 0.369 e. The Hall–Kier alpha value is -3.86. The molecule has 0 amide bonds. The molecule has 1 N–H and O–H groups in total. The molecule has 3 aromatic rings. The van der Waals surface area contributed by atoms with E-state index in [9.17, 15) is 15.3 Å². The van der Waals surface area contributed by atoms with E-state index in [4.69, 9.17) is 0 Å². The van der Waals surface area contributed by atoms with Crippen LogP contribution in [-0.4, -0.2) is 58.8 Å². The monoisotopic (exact) mass is 600 g/mol. The van der Waals surface area contributed by atoms with E-state index in [0.717, 1.165) is 54.9 Å². The van der Waals surface area contributed by atoms with Crippen molar-refractivity contribution in [2.24, 2.45) is 7.05 Å². The molecule has 0 bridgehead atoms. The summed E-state index contributed by atoms with van der Waals surface area (Å²) in [6, 6.07) is 16.8. The second-order valence-electron chi connectivity index (χ2n) is 10.7. The molecule has 0 saturated carbocycles. The van der Waals surface area contributed by atoms with E-state index in [1.54, 1.807) is 25.4 Å². The van der Waals surface area contributed by atoms with Gasteiger partial charge in [-0.25, -0.2) is 4.98 Å². The maximum absolute atomic E-state index is 12.4. The number of aromatic nitrogens is 2. The summed E-state index contributed by atoms with van der Waals surface area (Å²) in [5.74, 6) is 0.634. The minimum Gasteiger partial charge on any atom is -0.369 e. The molecule has 4 heterocycles. The number of hydrogen-bond donors (Lipinski definition) is 1. The molecule has 2 aromatic heterocycles. The predicted molar refractivity (Wildman–Crippen MR) is 161 cm³/mol. The summed E-state index contributed by atoms with van der Waals surface area (Å²) in [5.41, 5.74) is 3.33. The van der Waals surface area contributed by atoms with Gasteiger partial charge in [-0.05, 0) is 79.0 Å². The van der Waals surface area contributed by atoms with Gasteiger partial charge in [0.15, 0.2) is 0 Å². The highest BCUT2D eigenvalue weighted by atomic mass is 79.9. The molecule has 2 aliphatic rings. The van der Waals surface area contributed by atoms with Crippen molar-refractivity contribution in [3.8, 4) is 12.1 Å². The molecule has 2 aliphatic heterocycles. The molecule has 0 spiro atoms. The fourth-order valence-electron chi connectivity index (χ4n) is 5.99. The van der Waals surface area contributed by atoms with Gasteiger partial charge in [0.2, 0.25) is 0 Å². The molecular formula is C30H33BrN8O. The van der Waals surface area contributed by atoms with Gasteiger partial charge in [-0.2, -0.15) is 10.5 Å². The van der Waals surface area contributed by atoms with Gasteiger partial charge in [-0.3, -0.25) is 9.69 Å². The van der Waals surface area contributed by atoms with Crippen LogP contribution in [0.15, 0.2) is 58.1 Å². The summed E-state index contributed by atoms with van der Waals surface area (Å²) in [5, 5.41) is 21.8. The Morgan fingerprint density at radius 3 is 2.40 bits per heavy atom. The lowest BCUT2D eigenvalue weighted by atomic mass is 9.94. The summed E-state index contributed by atoms with van der Waals surface area (Å²) in [4.78, 5) is 24.4. The fourth-order valence-corrected chi connectivity index (χ4v) is 6.53. The second-order valence-corrected chi connectivity index (χ2v) is 11.6. The first-order chi connectivity index (χ1) is 19.3. The van der Waals surface area contributed by atoms with Crippen LogP contribution in [0.5, 0.6) is 0 Å². The highest BCUT2D eigenvalue weighted by molar-refractivity contribution is 9.10. The highest BCUT2D eigenvalue weighted by Crippen LogP contribution is 2.31. The zero-order valence-corrected chi connectivity index (χ0v) is 24.6. The molecule has 2 saturated heterocycles. The van der Waals surface area contributed by atoms with Gasteiger partial charge in [-0.1, -0.05) is 0 Å². The Labute approximate surface area is 243 Å². The Morgan fingerprint density at radius 2 is 1.73 bits per heavy atom. The Balaban J connectivity index is 1.19.